The Labute approximate surface area is 82.3 Å². The Morgan fingerprint density at radius 2 is 2.29 bits per heavy atom. The zero-order chi connectivity index (χ0) is 9.97. The number of aryl methyl sites for hydroxylation is 1. The molecule has 0 radical (unpaired) electrons. The normalized spacial score (nSPS) is 13.9. The Balaban J connectivity index is 2.29. The van der Waals surface area contributed by atoms with Crippen molar-refractivity contribution in [1.29, 1.82) is 0 Å². The van der Waals surface area contributed by atoms with Crippen molar-refractivity contribution in [2.75, 3.05) is 13.2 Å². The molecule has 0 atom stereocenters. The molecule has 1 N–H and O–H groups in total. The number of benzene rings is 1. The minimum atomic E-state index is -0.176. The van der Waals surface area contributed by atoms with Crippen LogP contribution in [-0.2, 0) is 12.8 Å². The van der Waals surface area contributed by atoms with Crippen LogP contribution in [-0.4, -0.2) is 18.3 Å². The predicted octanol–water partition coefficient (Wildman–Crippen LogP) is 1.69. The van der Waals surface area contributed by atoms with Crippen molar-refractivity contribution < 1.29 is 14.2 Å². The van der Waals surface area contributed by atoms with E-state index >= 15 is 0 Å². The van der Waals surface area contributed by atoms with Crippen molar-refractivity contribution in [3.63, 3.8) is 0 Å². The number of aliphatic hydroxyl groups is 1. The van der Waals surface area contributed by atoms with Crippen molar-refractivity contribution in [2.45, 2.75) is 19.3 Å². The Hall–Kier alpha value is -1.09. The van der Waals surface area contributed by atoms with Crippen molar-refractivity contribution in [3.8, 4) is 5.75 Å². The fourth-order valence-electron chi connectivity index (χ4n) is 1.79. The summed E-state index contributed by atoms with van der Waals surface area (Å²) in [5, 5.41) is 8.72. The zero-order valence-corrected chi connectivity index (χ0v) is 7.92. The monoisotopic (exact) mass is 196 g/mol. The molecule has 3 heteroatoms. The highest BCUT2D eigenvalue weighted by molar-refractivity contribution is 5.44. The van der Waals surface area contributed by atoms with Crippen LogP contribution in [0.1, 0.15) is 17.5 Å². The van der Waals surface area contributed by atoms with E-state index in [2.05, 4.69) is 0 Å². The molecule has 0 fully saturated rings. The van der Waals surface area contributed by atoms with E-state index < -0.39 is 0 Å². The molecule has 1 heterocycles. The number of ether oxygens (including phenoxy) is 1. The predicted molar refractivity (Wildman–Crippen MR) is 51.0 cm³/mol. The van der Waals surface area contributed by atoms with Gasteiger partial charge in [-0.25, -0.2) is 4.39 Å². The van der Waals surface area contributed by atoms with E-state index in [0.717, 1.165) is 12.0 Å². The van der Waals surface area contributed by atoms with Crippen molar-refractivity contribution >= 4 is 0 Å². The third-order valence-electron chi connectivity index (χ3n) is 2.49. The first-order valence-electron chi connectivity index (χ1n) is 4.87. The van der Waals surface area contributed by atoms with Crippen LogP contribution in [0.3, 0.4) is 0 Å². The summed E-state index contributed by atoms with van der Waals surface area (Å²) in [6, 6.07) is 3.23. The van der Waals surface area contributed by atoms with E-state index in [-0.39, 0.29) is 12.4 Å². The second kappa shape index (κ2) is 3.96. The molecule has 1 aliphatic rings. The molecule has 0 saturated heterocycles. The van der Waals surface area contributed by atoms with Crippen LogP contribution in [0.15, 0.2) is 12.1 Å². The van der Waals surface area contributed by atoms with Gasteiger partial charge in [0.1, 0.15) is 11.6 Å². The van der Waals surface area contributed by atoms with Crippen LogP contribution in [0.4, 0.5) is 4.39 Å². The molecule has 0 aromatic heterocycles. The molecular weight excluding hydrogens is 183 g/mol. The molecule has 1 aromatic carbocycles. The van der Waals surface area contributed by atoms with Gasteiger partial charge >= 0.3 is 0 Å². The van der Waals surface area contributed by atoms with E-state index in [1.165, 1.54) is 6.07 Å². The highest BCUT2D eigenvalue weighted by Gasteiger charge is 2.19. The molecule has 0 bridgehead atoms. The van der Waals surface area contributed by atoms with E-state index in [9.17, 15) is 4.39 Å². The largest absolute Gasteiger partial charge is 0.493 e. The van der Waals surface area contributed by atoms with Gasteiger partial charge in [0.2, 0.25) is 0 Å². The zero-order valence-electron chi connectivity index (χ0n) is 7.92. The standard InChI is InChI=1S/C11H13FO2/c12-10-4-3-8(2-1-6-13)11-9(10)5-7-14-11/h3-4,13H,1-2,5-7H2. The fraction of sp³-hybridized carbons (Fsp3) is 0.455. The Morgan fingerprint density at radius 1 is 1.43 bits per heavy atom. The van der Waals surface area contributed by atoms with Gasteiger partial charge in [0.05, 0.1) is 6.61 Å². The van der Waals surface area contributed by atoms with Crippen LogP contribution in [0.5, 0.6) is 5.75 Å². The van der Waals surface area contributed by atoms with E-state index in [1.807, 2.05) is 0 Å². The van der Waals surface area contributed by atoms with E-state index in [0.29, 0.717) is 30.8 Å². The van der Waals surface area contributed by atoms with Crippen molar-refractivity contribution in [3.05, 3.63) is 29.1 Å². The molecule has 14 heavy (non-hydrogen) atoms. The van der Waals surface area contributed by atoms with Crippen LogP contribution >= 0.6 is 0 Å². The quantitative estimate of drug-likeness (QED) is 0.797. The topological polar surface area (TPSA) is 29.5 Å². The first kappa shape index (κ1) is 9.46. The molecule has 0 amide bonds. The SMILES string of the molecule is OCCCc1ccc(F)c2c1OCC2. The van der Waals surface area contributed by atoms with Gasteiger partial charge < -0.3 is 9.84 Å². The summed E-state index contributed by atoms with van der Waals surface area (Å²) >= 11 is 0. The van der Waals surface area contributed by atoms with Crippen LogP contribution in [0.2, 0.25) is 0 Å². The van der Waals surface area contributed by atoms with Crippen LogP contribution in [0, 0.1) is 5.82 Å². The lowest BCUT2D eigenvalue weighted by Gasteiger charge is -2.07. The smallest absolute Gasteiger partial charge is 0.130 e. The van der Waals surface area contributed by atoms with Gasteiger partial charge in [0, 0.05) is 18.6 Å². The maximum Gasteiger partial charge on any atom is 0.130 e. The number of aliphatic hydroxyl groups excluding tert-OH is 1. The summed E-state index contributed by atoms with van der Waals surface area (Å²) in [4.78, 5) is 0. The number of hydrogen-bond acceptors (Lipinski definition) is 2. The van der Waals surface area contributed by atoms with Gasteiger partial charge in [0.25, 0.3) is 0 Å². The highest BCUT2D eigenvalue weighted by Crippen LogP contribution is 2.32. The summed E-state index contributed by atoms with van der Waals surface area (Å²) in [7, 11) is 0. The van der Waals surface area contributed by atoms with Gasteiger partial charge in [0.15, 0.2) is 0 Å². The van der Waals surface area contributed by atoms with Crippen molar-refractivity contribution in [1.82, 2.24) is 0 Å². The first-order valence-corrected chi connectivity index (χ1v) is 4.87. The number of hydrogen-bond donors (Lipinski definition) is 1. The van der Waals surface area contributed by atoms with E-state index in [1.54, 1.807) is 6.07 Å². The highest BCUT2D eigenvalue weighted by atomic mass is 19.1. The van der Waals surface area contributed by atoms with E-state index in [4.69, 9.17) is 9.84 Å². The van der Waals surface area contributed by atoms with Gasteiger partial charge in [-0.1, -0.05) is 6.07 Å². The summed E-state index contributed by atoms with van der Waals surface area (Å²) in [5.74, 6) is 0.531. The number of fused-ring (bicyclic) bond motifs is 1. The van der Waals surface area contributed by atoms with Crippen molar-refractivity contribution in [2.24, 2.45) is 0 Å². The van der Waals surface area contributed by atoms with Gasteiger partial charge in [-0.15, -0.1) is 0 Å². The molecule has 0 spiro atoms. The lowest BCUT2D eigenvalue weighted by molar-refractivity contribution is 0.287. The average Bonchev–Trinajstić information content (AvgIpc) is 2.66. The lowest BCUT2D eigenvalue weighted by atomic mass is 10.0. The third kappa shape index (κ3) is 1.60. The summed E-state index contributed by atoms with van der Waals surface area (Å²) < 4.78 is 18.6. The molecule has 1 aliphatic heterocycles. The molecule has 76 valence electrons. The number of halogens is 1. The summed E-state index contributed by atoms with van der Waals surface area (Å²) in [6.45, 7) is 0.731. The average molecular weight is 196 g/mol. The van der Waals surface area contributed by atoms with Gasteiger partial charge in [-0.2, -0.15) is 0 Å². The Kier molecular flexibility index (Phi) is 2.68. The fourth-order valence-corrected chi connectivity index (χ4v) is 1.79. The summed E-state index contributed by atoms with van der Waals surface area (Å²) in [5.41, 5.74) is 1.70. The molecule has 0 unspecified atom stereocenters. The minimum Gasteiger partial charge on any atom is -0.493 e. The Bertz CT molecular complexity index is 336. The Morgan fingerprint density at radius 3 is 3.07 bits per heavy atom. The molecular formula is C11H13FO2. The van der Waals surface area contributed by atoms with Gasteiger partial charge in [-0.3, -0.25) is 0 Å². The summed E-state index contributed by atoms with van der Waals surface area (Å²) in [6.07, 6.45) is 2.11. The maximum absolute atomic E-state index is 13.3. The first-order chi connectivity index (χ1) is 6.83. The molecule has 1 aromatic rings. The van der Waals surface area contributed by atoms with Gasteiger partial charge in [-0.05, 0) is 24.5 Å². The second-order valence-corrected chi connectivity index (χ2v) is 3.44. The van der Waals surface area contributed by atoms with Crippen LogP contribution < -0.4 is 4.74 Å². The lowest BCUT2D eigenvalue weighted by Crippen LogP contribution is -1.95. The minimum absolute atomic E-state index is 0.159. The second-order valence-electron chi connectivity index (χ2n) is 3.44. The molecule has 2 rings (SSSR count). The third-order valence-corrected chi connectivity index (χ3v) is 2.49. The molecule has 0 aliphatic carbocycles. The maximum atomic E-state index is 13.3. The number of rotatable bonds is 3. The van der Waals surface area contributed by atoms with Crippen LogP contribution in [0.25, 0.3) is 0 Å². The molecule has 0 saturated carbocycles. The molecule has 2 nitrogen and oxygen atoms in total.